The molecule has 3 amide bonds. The highest BCUT2D eigenvalue weighted by Gasteiger charge is 2.50. The first-order valence-electron chi connectivity index (χ1n) is 14.7. The van der Waals surface area contributed by atoms with Gasteiger partial charge in [-0.25, -0.2) is 0 Å². The largest absolute Gasteiger partial charge is 0.398 e. The molecule has 1 heterocycles. The molecule has 6 unspecified atom stereocenters. The van der Waals surface area contributed by atoms with Crippen LogP contribution in [0.1, 0.15) is 31.1 Å². The Morgan fingerprint density at radius 3 is 1.88 bits per heavy atom. The van der Waals surface area contributed by atoms with E-state index in [1.165, 1.54) is 42.1 Å². The number of hydrogen-bond acceptors (Lipinski definition) is 13. The number of amides is 3. The standard InChI is InChI=1S/C30H39I3N4O12/c1-36(6-14(42)8-38)28(47)20-22(31)19(23(32)21(24(20)33)29(48)37(2)7-15(43)9-39)13-3-4-16(17(34)5-13)27(46)35-30(11-41)12-49-18(10-40)25(44)26(30)45/h3-5,14-15,18,25-26,38-45H,6-12,34H2,1-2H3,(H,35,46). The van der Waals surface area contributed by atoms with Crippen molar-refractivity contribution in [2.24, 2.45) is 0 Å². The van der Waals surface area contributed by atoms with E-state index in [1.54, 1.807) is 0 Å². The summed E-state index contributed by atoms with van der Waals surface area (Å²) < 4.78 is 6.45. The van der Waals surface area contributed by atoms with E-state index in [2.05, 4.69) is 5.32 Å². The smallest absolute Gasteiger partial charge is 0.255 e. The third-order valence-corrected chi connectivity index (χ3v) is 11.3. The fraction of sp³-hybridized carbons (Fsp3) is 0.500. The van der Waals surface area contributed by atoms with Gasteiger partial charge in [-0.3, -0.25) is 14.4 Å². The SMILES string of the molecule is CN(CC(O)CO)C(=O)c1c(I)c(C(=O)N(C)CC(O)CO)c(I)c(-c2ccc(C(=O)NC3(CO)COC(CO)C(O)C3O)c(N)c2)c1I. The number of nitrogens with two attached hydrogens (primary N) is 1. The van der Waals surface area contributed by atoms with Gasteiger partial charge < -0.3 is 66.4 Å². The zero-order valence-corrected chi connectivity index (χ0v) is 32.9. The highest BCUT2D eigenvalue weighted by molar-refractivity contribution is 14.1. The van der Waals surface area contributed by atoms with Crippen LogP contribution < -0.4 is 11.1 Å². The average molecular weight is 1030 g/mol. The Morgan fingerprint density at radius 1 is 0.939 bits per heavy atom. The molecule has 1 saturated heterocycles. The fourth-order valence-corrected chi connectivity index (χ4v) is 9.94. The third-order valence-electron chi connectivity index (χ3n) is 8.06. The molecular formula is C30H39I3N4O12. The Bertz CT molecular complexity index is 1490. The summed E-state index contributed by atoms with van der Waals surface area (Å²) in [5.41, 5.74) is 5.44. The molecule has 11 N–H and O–H groups in total. The summed E-state index contributed by atoms with van der Waals surface area (Å²) in [6.07, 6.45) is -6.86. The van der Waals surface area contributed by atoms with Gasteiger partial charge in [-0.2, -0.15) is 0 Å². The first kappa shape index (κ1) is 41.9. The van der Waals surface area contributed by atoms with Crippen molar-refractivity contribution >= 4 is 91.2 Å². The van der Waals surface area contributed by atoms with E-state index in [-0.39, 0.29) is 39.0 Å². The topological polar surface area (TPSA) is 267 Å². The van der Waals surface area contributed by atoms with Crippen LogP contribution in [0.25, 0.3) is 11.1 Å². The second-order valence-corrected chi connectivity index (χ2v) is 14.9. The summed E-state index contributed by atoms with van der Waals surface area (Å²) in [6, 6.07) is 4.34. The van der Waals surface area contributed by atoms with Crippen molar-refractivity contribution in [2.45, 2.75) is 36.1 Å². The van der Waals surface area contributed by atoms with Crippen LogP contribution in [0, 0.1) is 10.7 Å². The molecule has 0 bridgehead atoms. The van der Waals surface area contributed by atoms with Crippen LogP contribution in [0.15, 0.2) is 18.2 Å². The van der Waals surface area contributed by atoms with E-state index in [0.29, 0.717) is 18.3 Å². The maximum absolute atomic E-state index is 13.8. The average Bonchev–Trinajstić information content (AvgIpc) is 3.06. The van der Waals surface area contributed by atoms with Crippen LogP contribution >= 0.6 is 67.8 Å². The summed E-state index contributed by atoms with van der Waals surface area (Å²) in [6.45, 7) is -3.42. The van der Waals surface area contributed by atoms with Gasteiger partial charge in [0.1, 0.15) is 23.9 Å². The van der Waals surface area contributed by atoms with E-state index in [1.807, 2.05) is 67.8 Å². The quantitative estimate of drug-likeness (QED) is 0.0784. The monoisotopic (exact) mass is 1030 g/mol. The van der Waals surface area contributed by atoms with Crippen LogP contribution in [-0.4, -0.2) is 165 Å². The maximum atomic E-state index is 13.8. The molecule has 19 heteroatoms. The number of aliphatic hydroxyl groups is 8. The lowest BCUT2D eigenvalue weighted by molar-refractivity contribution is -0.195. The summed E-state index contributed by atoms with van der Waals surface area (Å²) in [5.74, 6) is -1.95. The van der Waals surface area contributed by atoms with Crippen molar-refractivity contribution < 1.29 is 60.0 Å². The Kier molecular flexibility index (Phi) is 15.2. The molecule has 0 aromatic heterocycles. The van der Waals surface area contributed by atoms with Crippen molar-refractivity contribution in [3.8, 4) is 11.1 Å². The van der Waals surface area contributed by atoms with Gasteiger partial charge in [0.25, 0.3) is 17.7 Å². The molecule has 3 rings (SSSR count). The lowest BCUT2D eigenvalue weighted by Crippen LogP contribution is -2.70. The summed E-state index contributed by atoms with van der Waals surface area (Å²) >= 11 is 5.80. The van der Waals surface area contributed by atoms with Crippen LogP contribution in [0.2, 0.25) is 0 Å². The number of aliphatic hydroxyl groups excluding tert-OH is 8. The van der Waals surface area contributed by atoms with E-state index >= 15 is 0 Å². The molecule has 0 radical (unpaired) electrons. The van der Waals surface area contributed by atoms with Crippen molar-refractivity contribution in [1.82, 2.24) is 15.1 Å². The number of benzene rings is 2. The van der Waals surface area contributed by atoms with Gasteiger partial charge in [0.05, 0.1) is 61.9 Å². The normalized spacial score (nSPS) is 21.9. The van der Waals surface area contributed by atoms with Crippen molar-refractivity contribution in [3.05, 3.63) is 45.6 Å². The highest BCUT2D eigenvalue weighted by Crippen LogP contribution is 2.40. The number of ether oxygens (including phenoxy) is 1. The van der Waals surface area contributed by atoms with E-state index < -0.39 is 86.8 Å². The molecule has 2 aromatic rings. The Labute approximate surface area is 322 Å². The molecule has 1 aliphatic heterocycles. The van der Waals surface area contributed by atoms with Crippen LogP contribution in [0.3, 0.4) is 0 Å². The van der Waals surface area contributed by atoms with E-state index in [9.17, 15) is 55.2 Å². The number of nitrogen functional groups attached to an aromatic ring is 1. The summed E-state index contributed by atoms with van der Waals surface area (Å²) in [7, 11) is 2.86. The molecule has 49 heavy (non-hydrogen) atoms. The lowest BCUT2D eigenvalue weighted by Gasteiger charge is -2.45. The number of halogens is 3. The van der Waals surface area contributed by atoms with Gasteiger partial charge in [0.2, 0.25) is 0 Å². The van der Waals surface area contributed by atoms with Crippen molar-refractivity contribution in [3.63, 3.8) is 0 Å². The Hall–Kier alpha value is -1.52. The van der Waals surface area contributed by atoms with E-state index in [0.717, 1.165) is 0 Å². The predicted molar refractivity (Wildman–Crippen MR) is 201 cm³/mol. The number of likely N-dealkylation sites (N-methyl/N-ethyl adjacent to an activating group) is 2. The number of nitrogens with zero attached hydrogens (tertiary/aromatic N) is 2. The van der Waals surface area contributed by atoms with Crippen LogP contribution in [-0.2, 0) is 4.74 Å². The molecule has 0 aliphatic carbocycles. The first-order chi connectivity index (χ1) is 23.0. The molecular weight excluding hydrogens is 989 g/mol. The van der Waals surface area contributed by atoms with Gasteiger partial charge in [0, 0.05) is 49.1 Å². The summed E-state index contributed by atoms with van der Waals surface area (Å²) in [4.78, 5) is 43.4. The van der Waals surface area contributed by atoms with E-state index in [4.69, 9.17) is 10.5 Å². The zero-order valence-electron chi connectivity index (χ0n) is 26.4. The highest BCUT2D eigenvalue weighted by atomic mass is 127. The molecule has 1 fully saturated rings. The maximum Gasteiger partial charge on any atom is 0.255 e. The van der Waals surface area contributed by atoms with Crippen molar-refractivity contribution in [2.75, 3.05) is 66.0 Å². The van der Waals surface area contributed by atoms with Crippen LogP contribution in [0.5, 0.6) is 0 Å². The number of hydrogen-bond donors (Lipinski definition) is 10. The molecule has 2 aromatic carbocycles. The molecule has 6 atom stereocenters. The second-order valence-electron chi connectivity index (χ2n) is 11.6. The number of anilines is 1. The molecule has 0 saturated carbocycles. The zero-order chi connectivity index (χ0) is 37.0. The predicted octanol–water partition coefficient (Wildman–Crippen LogP) is -1.83. The van der Waals surface area contributed by atoms with Crippen molar-refractivity contribution in [1.29, 1.82) is 0 Å². The van der Waals surface area contributed by atoms with Gasteiger partial charge >= 0.3 is 0 Å². The lowest BCUT2D eigenvalue weighted by atomic mass is 9.85. The minimum absolute atomic E-state index is 0.0552. The molecule has 16 nitrogen and oxygen atoms in total. The minimum Gasteiger partial charge on any atom is -0.398 e. The van der Waals surface area contributed by atoms with Gasteiger partial charge in [-0.1, -0.05) is 6.07 Å². The second kappa shape index (κ2) is 17.8. The first-order valence-corrected chi connectivity index (χ1v) is 17.9. The fourth-order valence-electron chi connectivity index (χ4n) is 5.23. The van der Waals surface area contributed by atoms with Gasteiger partial charge in [-0.05, 0) is 85.5 Å². The minimum atomic E-state index is -1.82. The van der Waals surface area contributed by atoms with Crippen LogP contribution in [0.4, 0.5) is 5.69 Å². The Balaban J connectivity index is 2.14. The van der Waals surface area contributed by atoms with Gasteiger partial charge in [-0.15, -0.1) is 0 Å². The Morgan fingerprint density at radius 2 is 1.45 bits per heavy atom. The molecule has 272 valence electrons. The number of carbonyl (C=O) groups excluding carboxylic acids is 3. The molecule has 0 spiro atoms. The van der Waals surface area contributed by atoms with Gasteiger partial charge in [0.15, 0.2) is 0 Å². The number of carbonyl (C=O) groups is 3. The summed E-state index contributed by atoms with van der Waals surface area (Å²) in [5, 5.41) is 81.7. The number of rotatable bonds is 13. The number of nitrogens with one attached hydrogen (secondary N) is 1. The third kappa shape index (κ3) is 8.93. The molecule has 1 aliphatic rings.